The van der Waals surface area contributed by atoms with E-state index in [0.29, 0.717) is 6.33 Å². The molecule has 0 atom stereocenters. The van der Waals surface area contributed by atoms with Crippen molar-refractivity contribution >= 4 is 11.8 Å². The molecule has 0 bridgehead atoms. The maximum atomic E-state index is 12.5. The lowest BCUT2D eigenvalue weighted by molar-refractivity contribution is 0.340. The lowest BCUT2D eigenvalue weighted by Gasteiger charge is -2.27. The highest BCUT2D eigenvalue weighted by Crippen LogP contribution is 2.18. The number of halogens is 1. The van der Waals surface area contributed by atoms with E-state index in [9.17, 15) is 4.39 Å². The van der Waals surface area contributed by atoms with E-state index in [-0.39, 0.29) is 0 Å². The Morgan fingerprint density at radius 3 is 2.38 bits per heavy atom. The van der Waals surface area contributed by atoms with Crippen LogP contribution in [0.5, 0.6) is 0 Å². The summed E-state index contributed by atoms with van der Waals surface area (Å²) < 4.78 is 12.5. The molecule has 0 N–H and O–H groups in total. The van der Waals surface area contributed by atoms with Gasteiger partial charge in [-0.05, 0) is 74.1 Å². The van der Waals surface area contributed by atoms with Crippen molar-refractivity contribution in [3.8, 4) is 11.8 Å². The number of unbranched alkanes of at least 4 members (excludes halogenated alkanes) is 2. The number of thioether (sulfide) groups is 1. The SMILES string of the molecule is C=CCCCN(CCCC)C(=C)/C(C)=C/C(C#C/C(C)=C/SC(=C)C)=C\C=C\F. The highest BCUT2D eigenvalue weighted by molar-refractivity contribution is 8.05. The number of hydrogen-bond acceptors (Lipinski definition) is 2. The first-order chi connectivity index (χ1) is 13.8. The molecule has 0 aromatic heterocycles. The quantitative estimate of drug-likeness (QED) is 0.130. The molecule has 29 heavy (non-hydrogen) atoms. The predicted molar refractivity (Wildman–Crippen MR) is 131 cm³/mol. The molecule has 0 saturated heterocycles. The van der Waals surface area contributed by atoms with Gasteiger partial charge in [0.05, 0.1) is 6.33 Å². The smallest absolute Gasteiger partial charge is 0.0867 e. The molecule has 0 spiro atoms. The molecule has 1 nitrogen and oxygen atoms in total. The summed E-state index contributed by atoms with van der Waals surface area (Å²) >= 11 is 1.55. The summed E-state index contributed by atoms with van der Waals surface area (Å²) in [5.74, 6) is 6.25. The molecule has 0 aliphatic rings. The minimum absolute atomic E-state index is 0.516. The molecule has 3 heteroatoms. The second-order valence-corrected chi connectivity index (χ2v) is 8.03. The van der Waals surface area contributed by atoms with E-state index in [0.717, 1.165) is 66.1 Å². The molecule has 0 aromatic rings. The van der Waals surface area contributed by atoms with Crippen LogP contribution < -0.4 is 0 Å². The summed E-state index contributed by atoms with van der Waals surface area (Å²) in [5, 5.41) is 1.97. The zero-order valence-electron chi connectivity index (χ0n) is 18.6. The number of allylic oxidation sites excluding steroid dienone is 8. The van der Waals surface area contributed by atoms with Crippen LogP contribution in [0.3, 0.4) is 0 Å². The Bertz CT molecular complexity index is 726. The largest absolute Gasteiger partial charge is 0.372 e. The van der Waals surface area contributed by atoms with E-state index in [2.05, 4.69) is 43.4 Å². The third-order valence-electron chi connectivity index (χ3n) is 4.02. The highest BCUT2D eigenvalue weighted by Gasteiger charge is 2.08. The zero-order chi connectivity index (χ0) is 22.1. The van der Waals surface area contributed by atoms with Crippen LogP contribution in [0.15, 0.2) is 83.1 Å². The van der Waals surface area contributed by atoms with Gasteiger partial charge in [0.1, 0.15) is 0 Å². The average Bonchev–Trinajstić information content (AvgIpc) is 2.70. The second-order valence-electron chi connectivity index (χ2n) is 6.86. The van der Waals surface area contributed by atoms with Crippen LogP contribution in [0.1, 0.15) is 53.4 Å². The van der Waals surface area contributed by atoms with Crippen molar-refractivity contribution in [1.82, 2.24) is 4.90 Å². The lowest BCUT2D eigenvalue weighted by Crippen LogP contribution is -2.25. The molecule has 0 saturated carbocycles. The molecular formula is C26H36FNS. The van der Waals surface area contributed by atoms with Gasteiger partial charge in [0.15, 0.2) is 0 Å². The molecule has 0 unspecified atom stereocenters. The van der Waals surface area contributed by atoms with Crippen molar-refractivity contribution in [2.24, 2.45) is 0 Å². The van der Waals surface area contributed by atoms with Crippen LogP contribution in [0, 0.1) is 11.8 Å². The summed E-state index contributed by atoms with van der Waals surface area (Å²) in [6.07, 6.45) is 11.8. The lowest BCUT2D eigenvalue weighted by atomic mass is 10.1. The third-order valence-corrected chi connectivity index (χ3v) is 4.89. The first-order valence-corrected chi connectivity index (χ1v) is 10.9. The molecule has 0 heterocycles. The van der Waals surface area contributed by atoms with E-state index in [1.807, 2.05) is 38.3 Å². The van der Waals surface area contributed by atoms with Crippen molar-refractivity contribution in [3.05, 3.63) is 83.1 Å². The van der Waals surface area contributed by atoms with Crippen LogP contribution in [0.4, 0.5) is 4.39 Å². The van der Waals surface area contributed by atoms with Crippen molar-refractivity contribution in [2.45, 2.75) is 53.4 Å². The molecule has 0 radical (unpaired) electrons. The van der Waals surface area contributed by atoms with Gasteiger partial charge in [-0.1, -0.05) is 44.4 Å². The fraction of sp³-hybridized carbons (Fsp3) is 0.385. The number of nitrogens with zero attached hydrogens (tertiary/aromatic N) is 1. The van der Waals surface area contributed by atoms with Crippen molar-refractivity contribution < 1.29 is 4.39 Å². The first-order valence-electron chi connectivity index (χ1n) is 10.1. The monoisotopic (exact) mass is 413 g/mol. The maximum absolute atomic E-state index is 12.5. The van der Waals surface area contributed by atoms with Crippen LogP contribution in [-0.4, -0.2) is 18.0 Å². The zero-order valence-corrected chi connectivity index (χ0v) is 19.4. The van der Waals surface area contributed by atoms with Gasteiger partial charge in [-0.25, -0.2) is 4.39 Å². The molecule has 0 rings (SSSR count). The Hall–Kier alpha value is -2.18. The van der Waals surface area contributed by atoms with E-state index in [1.54, 1.807) is 17.8 Å². The van der Waals surface area contributed by atoms with Gasteiger partial charge in [0.25, 0.3) is 0 Å². The van der Waals surface area contributed by atoms with Gasteiger partial charge in [0.2, 0.25) is 0 Å². The van der Waals surface area contributed by atoms with Gasteiger partial charge in [-0.3, -0.25) is 0 Å². The number of hydrogen-bond donors (Lipinski definition) is 0. The predicted octanol–water partition coefficient (Wildman–Crippen LogP) is 8.10. The van der Waals surface area contributed by atoms with Crippen LogP contribution in [0.25, 0.3) is 0 Å². The van der Waals surface area contributed by atoms with Crippen LogP contribution in [-0.2, 0) is 0 Å². The maximum Gasteiger partial charge on any atom is 0.0867 e. The van der Waals surface area contributed by atoms with Gasteiger partial charge < -0.3 is 4.90 Å². The first kappa shape index (κ1) is 26.8. The van der Waals surface area contributed by atoms with Gasteiger partial charge in [-0.2, -0.15) is 0 Å². The van der Waals surface area contributed by atoms with Gasteiger partial charge >= 0.3 is 0 Å². The molecule has 0 aromatic carbocycles. The summed E-state index contributed by atoms with van der Waals surface area (Å²) in [4.78, 5) is 3.33. The van der Waals surface area contributed by atoms with E-state index >= 15 is 0 Å². The average molecular weight is 414 g/mol. The fourth-order valence-electron chi connectivity index (χ4n) is 2.38. The molecule has 158 valence electrons. The van der Waals surface area contributed by atoms with Crippen LogP contribution in [0.2, 0.25) is 0 Å². The molecular weight excluding hydrogens is 377 g/mol. The van der Waals surface area contributed by atoms with Crippen molar-refractivity contribution in [2.75, 3.05) is 13.1 Å². The third kappa shape index (κ3) is 13.6. The summed E-state index contributed by atoms with van der Waals surface area (Å²) in [6, 6.07) is 0. The van der Waals surface area contributed by atoms with Crippen molar-refractivity contribution in [3.63, 3.8) is 0 Å². The molecule has 0 amide bonds. The Morgan fingerprint density at radius 1 is 1.10 bits per heavy atom. The van der Waals surface area contributed by atoms with E-state index < -0.39 is 0 Å². The van der Waals surface area contributed by atoms with Gasteiger partial charge in [0, 0.05) is 29.9 Å². The Morgan fingerprint density at radius 2 is 1.79 bits per heavy atom. The summed E-state index contributed by atoms with van der Waals surface area (Å²) in [7, 11) is 0. The Kier molecular flexibility index (Phi) is 15.5. The molecule has 0 aliphatic carbocycles. The Balaban J connectivity index is 5.53. The van der Waals surface area contributed by atoms with E-state index in [1.165, 1.54) is 6.08 Å². The summed E-state index contributed by atoms with van der Waals surface area (Å²) in [5.41, 5.74) is 3.70. The molecule has 0 fully saturated rings. The minimum atomic E-state index is 0.516. The topological polar surface area (TPSA) is 3.24 Å². The standard InChI is InChI=1S/C26H36FNS/c1-8-10-12-19-28(18-11-9-2)25(7)24(6)20-26(14-13-17-27)16-15-23(5)21-29-22(3)4/h8,13-14,17,20-21H,1,3,7,9-12,18-19H2,2,4-6H3/b17-13+,23-21+,24-20+,26-14-. The van der Waals surface area contributed by atoms with Crippen LogP contribution >= 0.6 is 11.8 Å². The fourth-order valence-corrected chi connectivity index (χ4v) is 2.82. The van der Waals surface area contributed by atoms with Gasteiger partial charge in [-0.15, -0.1) is 18.3 Å². The van der Waals surface area contributed by atoms with E-state index in [4.69, 9.17) is 0 Å². The Labute approximate surface area is 182 Å². The normalized spacial score (nSPS) is 12.5. The second kappa shape index (κ2) is 16.7. The number of rotatable bonds is 13. The highest BCUT2D eigenvalue weighted by atomic mass is 32.2. The summed E-state index contributed by atoms with van der Waals surface area (Å²) in [6.45, 7) is 22.0. The van der Waals surface area contributed by atoms with Crippen molar-refractivity contribution in [1.29, 1.82) is 0 Å². The molecule has 0 aliphatic heterocycles. The minimum Gasteiger partial charge on any atom is -0.372 e.